The highest BCUT2D eigenvalue weighted by atomic mass is 32.2. The molecule has 1 aromatic rings. The molecule has 2 N–H and O–H groups in total. The second-order valence-corrected chi connectivity index (χ2v) is 9.18. The lowest BCUT2D eigenvalue weighted by Gasteiger charge is -2.26. The van der Waals surface area contributed by atoms with Crippen molar-refractivity contribution >= 4 is 23.6 Å². The van der Waals surface area contributed by atoms with Crippen molar-refractivity contribution in [3.63, 3.8) is 0 Å². The van der Waals surface area contributed by atoms with Crippen LogP contribution in [0.15, 0.2) is 40.2 Å². The fourth-order valence-electron chi connectivity index (χ4n) is 3.49. The fraction of sp³-hybridized carbons (Fsp3) is 0.636. The van der Waals surface area contributed by atoms with Gasteiger partial charge in [0.1, 0.15) is 0 Å². The summed E-state index contributed by atoms with van der Waals surface area (Å²) in [4.78, 5) is 22.4. The van der Waals surface area contributed by atoms with E-state index in [4.69, 9.17) is 4.99 Å². The van der Waals surface area contributed by atoms with Crippen LogP contribution in [0.5, 0.6) is 0 Å². The van der Waals surface area contributed by atoms with Gasteiger partial charge in [0.2, 0.25) is 5.91 Å². The first-order chi connectivity index (χ1) is 14.0. The van der Waals surface area contributed by atoms with Gasteiger partial charge in [-0.1, -0.05) is 25.1 Å². The Balaban J connectivity index is 1.74. The quantitative estimate of drug-likeness (QED) is 0.264. The van der Waals surface area contributed by atoms with Gasteiger partial charge in [0.25, 0.3) is 0 Å². The minimum Gasteiger partial charge on any atom is -0.357 e. The summed E-state index contributed by atoms with van der Waals surface area (Å²) in [6.07, 6.45) is 3.08. The van der Waals surface area contributed by atoms with E-state index in [9.17, 15) is 4.79 Å². The first-order valence-corrected chi connectivity index (χ1v) is 11.6. The zero-order chi connectivity index (χ0) is 21.1. The molecule has 1 aliphatic heterocycles. The molecule has 0 aliphatic carbocycles. The van der Waals surface area contributed by atoms with Gasteiger partial charge in [0.05, 0.1) is 12.6 Å². The van der Waals surface area contributed by atoms with E-state index in [2.05, 4.69) is 53.6 Å². The number of benzene rings is 1. The standard InChI is InChI=1S/C22H37N5OS/c1-5-23-22(25-17-18(2)29-19-11-7-6-8-12-19)24-14-10-16-27-15-9-13-20(27)21(28)26(3)4/h6-8,11-12,18,20H,5,9-10,13-17H2,1-4H3,(H2,23,24,25). The van der Waals surface area contributed by atoms with Gasteiger partial charge in [-0.2, -0.15) is 0 Å². The molecule has 6 nitrogen and oxygen atoms in total. The molecule has 1 aliphatic rings. The van der Waals surface area contributed by atoms with Crippen LogP contribution in [0.25, 0.3) is 0 Å². The van der Waals surface area contributed by atoms with Crippen LogP contribution in [-0.2, 0) is 4.79 Å². The molecular formula is C22H37N5OS. The second-order valence-electron chi connectivity index (χ2n) is 7.67. The maximum atomic E-state index is 12.3. The molecular weight excluding hydrogens is 382 g/mol. The molecule has 29 heavy (non-hydrogen) atoms. The van der Waals surface area contributed by atoms with Crippen LogP contribution >= 0.6 is 11.8 Å². The Labute approximate surface area is 180 Å². The minimum atomic E-state index is 0.0581. The van der Waals surface area contributed by atoms with Crippen molar-refractivity contribution in [2.75, 3.05) is 46.8 Å². The summed E-state index contributed by atoms with van der Waals surface area (Å²) in [5.74, 6) is 1.10. The van der Waals surface area contributed by atoms with E-state index in [-0.39, 0.29) is 11.9 Å². The molecule has 1 heterocycles. The molecule has 1 aromatic carbocycles. The summed E-state index contributed by atoms with van der Waals surface area (Å²) in [7, 11) is 3.69. The summed E-state index contributed by atoms with van der Waals surface area (Å²) in [6, 6.07) is 10.5. The zero-order valence-corrected chi connectivity index (χ0v) is 19.2. The number of hydrogen-bond acceptors (Lipinski definition) is 4. The topological polar surface area (TPSA) is 60.0 Å². The monoisotopic (exact) mass is 419 g/mol. The Morgan fingerprint density at radius 1 is 1.31 bits per heavy atom. The molecule has 2 rings (SSSR count). The van der Waals surface area contributed by atoms with Crippen molar-refractivity contribution in [1.29, 1.82) is 0 Å². The summed E-state index contributed by atoms with van der Waals surface area (Å²) in [5.41, 5.74) is 0. The van der Waals surface area contributed by atoms with E-state index < -0.39 is 0 Å². The highest BCUT2D eigenvalue weighted by Crippen LogP contribution is 2.22. The van der Waals surface area contributed by atoms with Gasteiger partial charge in [-0.3, -0.25) is 14.7 Å². The van der Waals surface area contributed by atoms with Crippen LogP contribution in [0.2, 0.25) is 0 Å². The Morgan fingerprint density at radius 2 is 2.07 bits per heavy atom. The number of thioether (sulfide) groups is 1. The van der Waals surface area contributed by atoms with Crippen LogP contribution in [0.4, 0.5) is 0 Å². The van der Waals surface area contributed by atoms with Gasteiger partial charge in [0, 0.05) is 43.9 Å². The first-order valence-electron chi connectivity index (χ1n) is 10.7. The molecule has 0 bridgehead atoms. The van der Waals surface area contributed by atoms with Crippen molar-refractivity contribution < 1.29 is 4.79 Å². The van der Waals surface area contributed by atoms with E-state index in [1.54, 1.807) is 4.90 Å². The first kappa shape index (κ1) is 23.5. The lowest BCUT2D eigenvalue weighted by atomic mass is 10.2. The number of carbonyl (C=O) groups is 1. The number of likely N-dealkylation sites (tertiary alicyclic amines) is 1. The fourth-order valence-corrected chi connectivity index (χ4v) is 4.42. The van der Waals surface area contributed by atoms with Crippen LogP contribution in [0.3, 0.4) is 0 Å². The third-order valence-corrected chi connectivity index (χ3v) is 6.03. The van der Waals surface area contributed by atoms with Crippen LogP contribution in [0, 0.1) is 0 Å². The summed E-state index contributed by atoms with van der Waals surface area (Å²) >= 11 is 1.85. The molecule has 1 fully saturated rings. The van der Waals surface area contributed by atoms with E-state index >= 15 is 0 Å². The second kappa shape index (κ2) is 12.8. The van der Waals surface area contributed by atoms with Crippen LogP contribution in [0.1, 0.15) is 33.1 Å². The molecule has 0 saturated carbocycles. The van der Waals surface area contributed by atoms with Gasteiger partial charge < -0.3 is 15.5 Å². The third kappa shape index (κ3) is 8.26. The Morgan fingerprint density at radius 3 is 2.76 bits per heavy atom. The number of guanidine groups is 1. The number of likely N-dealkylation sites (N-methyl/N-ethyl adjacent to an activating group) is 1. The normalized spacial score (nSPS) is 18.5. The lowest BCUT2D eigenvalue weighted by Crippen LogP contribution is -2.44. The predicted octanol–water partition coefficient (Wildman–Crippen LogP) is 2.67. The summed E-state index contributed by atoms with van der Waals surface area (Å²) < 4.78 is 0. The summed E-state index contributed by atoms with van der Waals surface area (Å²) in [6.45, 7) is 8.72. The number of hydrogen-bond donors (Lipinski definition) is 2. The molecule has 7 heteroatoms. The van der Waals surface area contributed by atoms with Crippen LogP contribution in [-0.4, -0.2) is 79.8 Å². The smallest absolute Gasteiger partial charge is 0.239 e. The van der Waals surface area contributed by atoms with E-state index in [1.807, 2.05) is 31.9 Å². The maximum Gasteiger partial charge on any atom is 0.239 e. The molecule has 2 unspecified atom stereocenters. The average Bonchev–Trinajstić information content (AvgIpc) is 3.17. The SMILES string of the molecule is CCNC(=NCC(C)Sc1ccccc1)NCCCN1CCCC1C(=O)N(C)C. The molecule has 1 saturated heterocycles. The lowest BCUT2D eigenvalue weighted by molar-refractivity contribution is -0.133. The van der Waals surface area contributed by atoms with E-state index in [1.165, 1.54) is 4.90 Å². The zero-order valence-electron chi connectivity index (χ0n) is 18.4. The van der Waals surface area contributed by atoms with Crippen molar-refractivity contribution in [2.24, 2.45) is 4.99 Å². The summed E-state index contributed by atoms with van der Waals surface area (Å²) in [5, 5.41) is 7.18. The molecule has 0 aromatic heterocycles. The molecule has 2 atom stereocenters. The van der Waals surface area contributed by atoms with E-state index in [0.717, 1.165) is 57.9 Å². The number of nitrogens with one attached hydrogen (secondary N) is 2. The average molecular weight is 420 g/mol. The Kier molecular flexibility index (Phi) is 10.4. The van der Waals surface area contributed by atoms with Gasteiger partial charge in [-0.05, 0) is 44.9 Å². The van der Waals surface area contributed by atoms with Gasteiger partial charge in [-0.25, -0.2) is 0 Å². The van der Waals surface area contributed by atoms with Crippen molar-refractivity contribution in [3.8, 4) is 0 Å². The molecule has 0 spiro atoms. The van der Waals surface area contributed by atoms with Crippen molar-refractivity contribution in [3.05, 3.63) is 30.3 Å². The van der Waals surface area contributed by atoms with E-state index in [0.29, 0.717) is 5.25 Å². The van der Waals surface area contributed by atoms with Crippen LogP contribution < -0.4 is 10.6 Å². The predicted molar refractivity (Wildman–Crippen MR) is 124 cm³/mol. The molecule has 0 radical (unpaired) electrons. The highest BCUT2D eigenvalue weighted by Gasteiger charge is 2.30. The largest absolute Gasteiger partial charge is 0.357 e. The number of rotatable bonds is 10. The minimum absolute atomic E-state index is 0.0581. The van der Waals surface area contributed by atoms with Gasteiger partial charge in [0.15, 0.2) is 5.96 Å². The molecule has 162 valence electrons. The number of amides is 1. The third-order valence-electron chi connectivity index (χ3n) is 4.94. The number of nitrogens with zero attached hydrogens (tertiary/aromatic N) is 3. The number of carbonyl (C=O) groups excluding carboxylic acids is 1. The maximum absolute atomic E-state index is 12.3. The Bertz CT molecular complexity index is 637. The number of aliphatic imine (C=N–C) groups is 1. The van der Waals surface area contributed by atoms with Crippen molar-refractivity contribution in [2.45, 2.75) is 49.3 Å². The highest BCUT2D eigenvalue weighted by molar-refractivity contribution is 8.00. The van der Waals surface area contributed by atoms with Crippen molar-refractivity contribution in [1.82, 2.24) is 20.4 Å². The van der Waals surface area contributed by atoms with Gasteiger partial charge in [-0.15, -0.1) is 11.8 Å². The Hall–Kier alpha value is -1.73. The van der Waals surface area contributed by atoms with Gasteiger partial charge >= 0.3 is 0 Å². The molecule has 1 amide bonds.